The number of benzene rings is 1. The van der Waals surface area contributed by atoms with Crippen LogP contribution < -0.4 is 11.1 Å². The molecule has 2 atom stereocenters. The molecule has 84 valence electrons. The van der Waals surface area contributed by atoms with Crippen LogP contribution in [-0.4, -0.2) is 12.1 Å². The molecular formula is C12H14BrN3. The van der Waals surface area contributed by atoms with Crippen LogP contribution in [0.25, 0.3) is 0 Å². The lowest BCUT2D eigenvalue weighted by molar-refractivity contribution is 0.688. The lowest BCUT2D eigenvalue weighted by Crippen LogP contribution is -2.21. The molecule has 1 aromatic carbocycles. The van der Waals surface area contributed by atoms with Crippen LogP contribution in [0.2, 0.25) is 0 Å². The molecule has 2 rings (SSSR count). The van der Waals surface area contributed by atoms with Crippen molar-refractivity contribution in [2.24, 2.45) is 5.73 Å². The molecule has 4 heteroatoms. The molecule has 0 saturated heterocycles. The van der Waals surface area contributed by atoms with Crippen molar-refractivity contribution >= 4 is 21.6 Å². The SMILES string of the molecule is N#Cc1cc(Br)ccc1NC1CCC(N)C1. The Hall–Kier alpha value is -1.05. The predicted molar refractivity (Wildman–Crippen MR) is 68.1 cm³/mol. The smallest absolute Gasteiger partial charge is 0.101 e. The highest BCUT2D eigenvalue weighted by molar-refractivity contribution is 9.10. The van der Waals surface area contributed by atoms with E-state index in [1.807, 2.05) is 18.2 Å². The van der Waals surface area contributed by atoms with Gasteiger partial charge in [-0.2, -0.15) is 5.26 Å². The maximum absolute atomic E-state index is 9.03. The molecular weight excluding hydrogens is 266 g/mol. The Morgan fingerprint density at radius 3 is 2.88 bits per heavy atom. The lowest BCUT2D eigenvalue weighted by atomic mass is 10.1. The number of anilines is 1. The highest BCUT2D eigenvalue weighted by Crippen LogP contribution is 2.25. The third-order valence-electron chi connectivity index (χ3n) is 2.93. The summed E-state index contributed by atoms with van der Waals surface area (Å²) in [6.45, 7) is 0. The predicted octanol–water partition coefficient (Wildman–Crippen LogP) is 2.61. The van der Waals surface area contributed by atoms with E-state index in [1.165, 1.54) is 0 Å². The molecule has 1 aromatic rings. The van der Waals surface area contributed by atoms with Gasteiger partial charge in [-0.15, -0.1) is 0 Å². The van der Waals surface area contributed by atoms with Gasteiger partial charge in [-0.1, -0.05) is 15.9 Å². The maximum Gasteiger partial charge on any atom is 0.101 e. The summed E-state index contributed by atoms with van der Waals surface area (Å²) < 4.78 is 0.928. The van der Waals surface area contributed by atoms with Gasteiger partial charge in [0, 0.05) is 16.6 Å². The first-order valence-electron chi connectivity index (χ1n) is 5.41. The fourth-order valence-electron chi connectivity index (χ4n) is 2.10. The third-order valence-corrected chi connectivity index (χ3v) is 3.43. The second-order valence-corrected chi connectivity index (χ2v) is 5.13. The van der Waals surface area contributed by atoms with Gasteiger partial charge in [-0.05, 0) is 37.5 Å². The zero-order valence-electron chi connectivity index (χ0n) is 8.91. The van der Waals surface area contributed by atoms with Crippen molar-refractivity contribution in [1.29, 1.82) is 5.26 Å². The molecule has 0 spiro atoms. The van der Waals surface area contributed by atoms with Crippen molar-refractivity contribution in [3.63, 3.8) is 0 Å². The van der Waals surface area contributed by atoms with Crippen LogP contribution in [0, 0.1) is 11.3 Å². The van der Waals surface area contributed by atoms with Gasteiger partial charge in [0.05, 0.1) is 11.3 Å². The zero-order valence-corrected chi connectivity index (χ0v) is 10.5. The fraction of sp³-hybridized carbons (Fsp3) is 0.417. The van der Waals surface area contributed by atoms with Crippen LogP contribution in [0.5, 0.6) is 0 Å². The number of nitrogens with zero attached hydrogens (tertiary/aromatic N) is 1. The number of nitriles is 1. The van der Waals surface area contributed by atoms with Gasteiger partial charge < -0.3 is 11.1 Å². The quantitative estimate of drug-likeness (QED) is 0.875. The molecule has 16 heavy (non-hydrogen) atoms. The van der Waals surface area contributed by atoms with E-state index in [1.54, 1.807) is 0 Å². The van der Waals surface area contributed by atoms with E-state index in [4.69, 9.17) is 11.0 Å². The average Bonchev–Trinajstić information content (AvgIpc) is 2.67. The Labute approximate surface area is 104 Å². The number of nitrogens with one attached hydrogen (secondary N) is 1. The minimum atomic E-state index is 0.304. The Balaban J connectivity index is 2.12. The van der Waals surface area contributed by atoms with Gasteiger partial charge in [0.15, 0.2) is 0 Å². The number of hydrogen-bond donors (Lipinski definition) is 2. The van der Waals surface area contributed by atoms with E-state index in [0.29, 0.717) is 17.6 Å². The van der Waals surface area contributed by atoms with Gasteiger partial charge in [0.2, 0.25) is 0 Å². The number of hydrogen-bond acceptors (Lipinski definition) is 3. The van der Waals surface area contributed by atoms with E-state index in [2.05, 4.69) is 27.3 Å². The molecule has 1 aliphatic carbocycles. The van der Waals surface area contributed by atoms with Crippen LogP contribution in [0.4, 0.5) is 5.69 Å². The van der Waals surface area contributed by atoms with Crippen LogP contribution in [0.15, 0.2) is 22.7 Å². The maximum atomic E-state index is 9.03. The fourth-order valence-corrected chi connectivity index (χ4v) is 2.46. The van der Waals surface area contributed by atoms with E-state index in [-0.39, 0.29) is 0 Å². The van der Waals surface area contributed by atoms with Crippen LogP contribution in [0.3, 0.4) is 0 Å². The van der Waals surface area contributed by atoms with Gasteiger partial charge in [0.25, 0.3) is 0 Å². The molecule has 0 radical (unpaired) electrons. The van der Waals surface area contributed by atoms with E-state index >= 15 is 0 Å². The molecule has 1 aliphatic rings. The van der Waals surface area contributed by atoms with Gasteiger partial charge >= 0.3 is 0 Å². The van der Waals surface area contributed by atoms with Crippen LogP contribution in [0.1, 0.15) is 24.8 Å². The Kier molecular flexibility index (Phi) is 3.47. The number of nitrogens with two attached hydrogens (primary N) is 1. The van der Waals surface area contributed by atoms with E-state index < -0.39 is 0 Å². The van der Waals surface area contributed by atoms with E-state index in [9.17, 15) is 0 Å². The summed E-state index contributed by atoms with van der Waals surface area (Å²) in [4.78, 5) is 0. The molecule has 1 fully saturated rings. The first-order chi connectivity index (χ1) is 7.69. The summed E-state index contributed by atoms with van der Waals surface area (Å²) in [6.07, 6.45) is 3.14. The standard InChI is InChI=1S/C12H14BrN3/c13-9-1-4-12(8(5-9)7-14)16-11-3-2-10(15)6-11/h1,4-5,10-11,16H,2-3,6,15H2. The Morgan fingerprint density at radius 1 is 1.44 bits per heavy atom. The molecule has 0 bridgehead atoms. The molecule has 0 aromatic heterocycles. The number of halogens is 1. The summed E-state index contributed by atoms with van der Waals surface area (Å²) in [5.74, 6) is 0. The summed E-state index contributed by atoms with van der Waals surface area (Å²) in [5.41, 5.74) is 7.44. The molecule has 0 aliphatic heterocycles. The highest BCUT2D eigenvalue weighted by atomic mass is 79.9. The topological polar surface area (TPSA) is 61.8 Å². The monoisotopic (exact) mass is 279 g/mol. The Bertz CT molecular complexity index is 425. The second-order valence-electron chi connectivity index (χ2n) is 4.22. The Morgan fingerprint density at radius 2 is 2.25 bits per heavy atom. The highest BCUT2D eigenvalue weighted by Gasteiger charge is 2.21. The zero-order chi connectivity index (χ0) is 11.5. The van der Waals surface area contributed by atoms with Crippen molar-refractivity contribution in [3.8, 4) is 6.07 Å². The number of rotatable bonds is 2. The van der Waals surface area contributed by atoms with E-state index in [0.717, 1.165) is 29.4 Å². The summed E-state index contributed by atoms with van der Waals surface area (Å²) >= 11 is 3.36. The van der Waals surface area contributed by atoms with Gasteiger partial charge in [-0.25, -0.2) is 0 Å². The second kappa shape index (κ2) is 4.86. The first-order valence-corrected chi connectivity index (χ1v) is 6.20. The van der Waals surface area contributed by atoms with Crippen molar-refractivity contribution < 1.29 is 0 Å². The van der Waals surface area contributed by atoms with Crippen molar-refractivity contribution in [1.82, 2.24) is 0 Å². The molecule has 2 unspecified atom stereocenters. The first kappa shape index (κ1) is 11.4. The normalized spacial score (nSPS) is 24.1. The molecule has 0 amide bonds. The van der Waals surface area contributed by atoms with Gasteiger partial charge in [0.1, 0.15) is 6.07 Å². The third kappa shape index (κ3) is 2.55. The van der Waals surface area contributed by atoms with Crippen molar-refractivity contribution in [2.45, 2.75) is 31.3 Å². The van der Waals surface area contributed by atoms with Crippen LogP contribution >= 0.6 is 15.9 Å². The average molecular weight is 280 g/mol. The molecule has 3 nitrogen and oxygen atoms in total. The summed E-state index contributed by atoms with van der Waals surface area (Å²) in [7, 11) is 0. The summed E-state index contributed by atoms with van der Waals surface area (Å²) in [5, 5.41) is 12.4. The van der Waals surface area contributed by atoms with Crippen molar-refractivity contribution in [2.75, 3.05) is 5.32 Å². The molecule has 1 saturated carbocycles. The minimum Gasteiger partial charge on any atom is -0.381 e. The van der Waals surface area contributed by atoms with Crippen molar-refractivity contribution in [3.05, 3.63) is 28.2 Å². The largest absolute Gasteiger partial charge is 0.381 e. The van der Waals surface area contributed by atoms with Crippen LogP contribution in [-0.2, 0) is 0 Å². The lowest BCUT2D eigenvalue weighted by Gasteiger charge is -2.15. The molecule has 3 N–H and O–H groups in total. The minimum absolute atomic E-state index is 0.304. The van der Waals surface area contributed by atoms with Gasteiger partial charge in [-0.3, -0.25) is 0 Å². The summed E-state index contributed by atoms with van der Waals surface area (Å²) in [6, 6.07) is 8.62. The molecule has 0 heterocycles.